The lowest BCUT2D eigenvalue weighted by atomic mass is 10.3. The molecular formula is C6H6ClN3O2. The molecule has 1 aromatic heterocycles. The molecular weight excluding hydrogens is 182 g/mol. The van der Waals surface area contributed by atoms with E-state index in [2.05, 4.69) is 4.98 Å². The largest absolute Gasteiger partial charge is 0.366 e. The van der Waals surface area contributed by atoms with Crippen molar-refractivity contribution in [3.05, 3.63) is 27.8 Å². The smallest absolute Gasteiger partial charge is 0.363 e. The van der Waals surface area contributed by atoms with Crippen molar-refractivity contribution in [2.45, 2.75) is 5.88 Å². The molecule has 0 bridgehead atoms. The van der Waals surface area contributed by atoms with Crippen LogP contribution in [0.15, 0.2) is 12.1 Å². The van der Waals surface area contributed by atoms with Gasteiger partial charge < -0.3 is 15.8 Å². The maximum absolute atomic E-state index is 10.3. The van der Waals surface area contributed by atoms with Crippen LogP contribution in [0.25, 0.3) is 0 Å². The van der Waals surface area contributed by atoms with Crippen LogP contribution in [0.3, 0.4) is 0 Å². The van der Waals surface area contributed by atoms with E-state index >= 15 is 0 Å². The fourth-order valence-electron chi connectivity index (χ4n) is 0.765. The van der Waals surface area contributed by atoms with Crippen LogP contribution in [0.2, 0.25) is 0 Å². The molecule has 6 heteroatoms. The quantitative estimate of drug-likeness (QED) is 0.430. The van der Waals surface area contributed by atoms with Crippen LogP contribution in [-0.4, -0.2) is 9.91 Å². The Morgan fingerprint density at radius 3 is 2.83 bits per heavy atom. The van der Waals surface area contributed by atoms with Crippen LogP contribution >= 0.6 is 11.6 Å². The molecule has 5 nitrogen and oxygen atoms in total. The minimum absolute atomic E-state index is 0.111. The zero-order valence-electron chi connectivity index (χ0n) is 6.03. The SMILES string of the molecule is Nc1cc(CCl)cc([N+](=O)[O-])n1. The van der Waals surface area contributed by atoms with E-state index in [0.29, 0.717) is 5.56 Å². The zero-order chi connectivity index (χ0) is 9.14. The van der Waals surface area contributed by atoms with Crippen molar-refractivity contribution in [2.75, 3.05) is 5.73 Å². The lowest BCUT2D eigenvalue weighted by Gasteiger charge is -1.95. The molecule has 1 heterocycles. The summed E-state index contributed by atoms with van der Waals surface area (Å²) in [5.41, 5.74) is 5.89. The molecule has 1 rings (SSSR count). The molecule has 0 aromatic carbocycles. The predicted molar refractivity (Wildman–Crippen MR) is 44.9 cm³/mol. The van der Waals surface area contributed by atoms with Gasteiger partial charge in [-0.2, -0.15) is 0 Å². The second kappa shape index (κ2) is 3.36. The van der Waals surface area contributed by atoms with Crippen molar-refractivity contribution in [1.29, 1.82) is 0 Å². The Morgan fingerprint density at radius 1 is 1.67 bits per heavy atom. The number of halogens is 1. The number of nitrogens with two attached hydrogens (primary N) is 1. The Hall–Kier alpha value is -1.36. The summed E-state index contributed by atoms with van der Waals surface area (Å²) in [6.45, 7) is 0. The number of rotatable bonds is 2. The Balaban J connectivity index is 3.15. The summed E-state index contributed by atoms with van der Waals surface area (Å²) < 4.78 is 0. The molecule has 64 valence electrons. The summed E-state index contributed by atoms with van der Waals surface area (Å²) in [6, 6.07) is 2.80. The Morgan fingerprint density at radius 2 is 2.33 bits per heavy atom. The lowest BCUT2D eigenvalue weighted by molar-refractivity contribution is -0.389. The fraction of sp³-hybridized carbons (Fsp3) is 0.167. The molecule has 0 aliphatic rings. The molecule has 1 aromatic rings. The van der Waals surface area contributed by atoms with Crippen molar-refractivity contribution in [2.24, 2.45) is 0 Å². The van der Waals surface area contributed by atoms with Gasteiger partial charge in [0.2, 0.25) is 5.82 Å². The summed E-state index contributed by atoms with van der Waals surface area (Å²) >= 11 is 5.47. The minimum atomic E-state index is -0.605. The van der Waals surface area contributed by atoms with Gasteiger partial charge in [0, 0.05) is 18.0 Å². The van der Waals surface area contributed by atoms with Gasteiger partial charge in [0.1, 0.15) is 0 Å². The number of nitro groups is 1. The van der Waals surface area contributed by atoms with Crippen LogP contribution in [-0.2, 0) is 5.88 Å². The average molecular weight is 188 g/mol. The van der Waals surface area contributed by atoms with Gasteiger partial charge in [0.25, 0.3) is 0 Å². The first-order chi connectivity index (χ1) is 5.63. The second-order valence-electron chi connectivity index (χ2n) is 2.15. The van der Waals surface area contributed by atoms with Gasteiger partial charge in [0.05, 0.1) is 0 Å². The molecule has 0 spiro atoms. The van der Waals surface area contributed by atoms with Gasteiger partial charge in [-0.05, 0) is 15.5 Å². The molecule has 0 saturated carbocycles. The van der Waals surface area contributed by atoms with Gasteiger partial charge in [-0.15, -0.1) is 11.6 Å². The number of hydrogen-bond donors (Lipinski definition) is 1. The molecule has 12 heavy (non-hydrogen) atoms. The fourth-order valence-corrected chi connectivity index (χ4v) is 0.919. The monoisotopic (exact) mass is 187 g/mol. The first-order valence-electron chi connectivity index (χ1n) is 3.10. The van der Waals surface area contributed by atoms with Gasteiger partial charge in [0.15, 0.2) is 0 Å². The summed E-state index contributed by atoms with van der Waals surface area (Å²) in [5.74, 6) is 0.0265. The lowest BCUT2D eigenvalue weighted by Crippen LogP contribution is -1.98. The molecule has 0 radical (unpaired) electrons. The van der Waals surface area contributed by atoms with E-state index in [-0.39, 0.29) is 17.5 Å². The molecule has 0 amide bonds. The summed E-state index contributed by atoms with van der Waals surface area (Å²) in [6.07, 6.45) is 0. The number of anilines is 1. The Labute approximate surface area is 73.3 Å². The zero-order valence-corrected chi connectivity index (χ0v) is 6.78. The highest BCUT2D eigenvalue weighted by atomic mass is 35.5. The summed E-state index contributed by atoms with van der Waals surface area (Å²) in [4.78, 5) is 13.2. The van der Waals surface area contributed by atoms with Crippen molar-refractivity contribution >= 4 is 23.2 Å². The highest BCUT2D eigenvalue weighted by Gasteiger charge is 2.10. The van der Waals surface area contributed by atoms with E-state index in [1.807, 2.05) is 0 Å². The number of aromatic nitrogens is 1. The van der Waals surface area contributed by atoms with Crippen molar-refractivity contribution in [1.82, 2.24) is 4.98 Å². The number of hydrogen-bond acceptors (Lipinski definition) is 4. The Bertz CT molecular complexity index is 316. The van der Waals surface area contributed by atoms with Gasteiger partial charge in [-0.3, -0.25) is 0 Å². The van der Waals surface area contributed by atoms with Crippen LogP contribution in [0.1, 0.15) is 5.56 Å². The van der Waals surface area contributed by atoms with Gasteiger partial charge >= 0.3 is 5.82 Å². The van der Waals surface area contributed by atoms with E-state index in [9.17, 15) is 10.1 Å². The summed E-state index contributed by atoms with van der Waals surface area (Å²) in [5, 5.41) is 10.3. The van der Waals surface area contributed by atoms with Crippen LogP contribution < -0.4 is 5.73 Å². The standard InChI is InChI=1S/C6H6ClN3O2/c7-3-4-1-5(8)9-6(2-4)10(11)12/h1-2H,3H2,(H2,8,9). The Kier molecular flexibility index (Phi) is 2.44. The van der Waals surface area contributed by atoms with E-state index in [4.69, 9.17) is 17.3 Å². The normalized spacial score (nSPS) is 9.75. The van der Waals surface area contributed by atoms with Crippen molar-refractivity contribution in [3.63, 3.8) is 0 Å². The summed E-state index contributed by atoms with van der Waals surface area (Å²) in [7, 11) is 0. The predicted octanol–water partition coefficient (Wildman–Crippen LogP) is 1.31. The molecule has 0 saturated heterocycles. The molecule has 2 N–H and O–H groups in total. The minimum Gasteiger partial charge on any atom is -0.363 e. The maximum atomic E-state index is 10.3. The van der Waals surface area contributed by atoms with E-state index in [1.165, 1.54) is 12.1 Å². The number of pyridine rings is 1. The third-order valence-corrected chi connectivity index (χ3v) is 1.54. The van der Waals surface area contributed by atoms with E-state index in [1.54, 1.807) is 0 Å². The van der Waals surface area contributed by atoms with Crippen LogP contribution in [0.4, 0.5) is 11.6 Å². The van der Waals surface area contributed by atoms with Crippen LogP contribution in [0.5, 0.6) is 0 Å². The number of nitrogen functional groups attached to an aromatic ring is 1. The number of nitrogens with zero attached hydrogens (tertiary/aromatic N) is 2. The molecule has 0 fully saturated rings. The topological polar surface area (TPSA) is 82.0 Å². The molecule has 0 aliphatic heterocycles. The van der Waals surface area contributed by atoms with Crippen molar-refractivity contribution in [3.8, 4) is 0 Å². The van der Waals surface area contributed by atoms with Gasteiger partial charge in [-0.25, -0.2) is 0 Å². The van der Waals surface area contributed by atoms with E-state index < -0.39 is 4.92 Å². The van der Waals surface area contributed by atoms with Crippen molar-refractivity contribution < 1.29 is 4.92 Å². The average Bonchev–Trinajstić information content (AvgIpc) is 2.03. The highest BCUT2D eigenvalue weighted by Crippen LogP contribution is 2.15. The molecule has 0 unspecified atom stereocenters. The first kappa shape index (κ1) is 8.73. The van der Waals surface area contributed by atoms with Gasteiger partial charge in [-0.1, -0.05) is 0 Å². The van der Waals surface area contributed by atoms with Crippen LogP contribution in [0, 0.1) is 10.1 Å². The molecule has 0 atom stereocenters. The third kappa shape index (κ3) is 1.82. The third-order valence-electron chi connectivity index (χ3n) is 1.23. The first-order valence-corrected chi connectivity index (χ1v) is 3.63. The maximum Gasteiger partial charge on any atom is 0.366 e. The highest BCUT2D eigenvalue weighted by molar-refractivity contribution is 6.17. The number of alkyl halides is 1. The van der Waals surface area contributed by atoms with E-state index in [0.717, 1.165) is 0 Å². The second-order valence-corrected chi connectivity index (χ2v) is 2.42. The molecule has 0 aliphatic carbocycles.